The maximum atomic E-state index is 11.7. The zero-order chi connectivity index (χ0) is 13.5. The summed E-state index contributed by atoms with van der Waals surface area (Å²) < 4.78 is 0. The normalized spacial score (nSPS) is 11.9. The highest BCUT2D eigenvalue weighted by Gasteiger charge is 2.14. The molecule has 1 aromatic carbocycles. The van der Waals surface area contributed by atoms with Gasteiger partial charge in [-0.05, 0) is 12.5 Å². The van der Waals surface area contributed by atoms with Crippen molar-refractivity contribution >= 4 is 11.9 Å². The first kappa shape index (κ1) is 14.2. The summed E-state index contributed by atoms with van der Waals surface area (Å²) in [5, 5.41) is 11.3. The Labute approximate surface area is 106 Å². The Balaban J connectivity index is 2.40. The highest BCUT2D eigenvalue weighted by Crippen LogP contribution is 2.02. The van der Waals surface area contributed by atoms with Gasteiger partial charge in [0, 0.05) is 13.6 Å². The number of carbonyl (C=O) groups is 2. The van der Waals surface area contributed by atoms with Crippen molar-refractivity contribution in [1.82, 2.24) is 10.2 Å². The molecule has 0 heterocycles. The van der Waals surface area contributed by atoms with Crippen LogP contribution < -0.4 is 5.32 Å². The monoisotopic (exact) mass is 250 g/mol. The number of rotatable bonds is 6. The summed E-state index contributed by atoms with van der Waals surface area (Å²) in [7, 11) is 1.70. The van der Waals surface area contributed by atoms with Gasteiger partial charge in [0.15, 0.2) is 0 Å². The van der Waals surface area contributed by atoms with Crippen LogP contribution in [0.2, 0.25) is 0 Å². The van der Waals surface area contributed by atoms with Crippen molar-refractivity contribution in [3.05, 3.63) is 35.9 Å². The summed E-state index contributed by atoms with van der Waals surface area (Å²) in [6.45, 7) is 2.05. The molecular weight excluding hydrogens is 232 g/mol. The lowest BCUT2D eigenvalue weighted by Crippen LogP contribution is -2.41. The summed E-state index contributed by atoms with van der Waals surface area (Å²) in [5.74, 6) is -1.10. The van der Waals surface area contributed by atoms with Gasteiger partial charge >= 0.3 is 5.97 Å². The van der Waals surface area contributed by atoms with Gasteiger partial charge < -0.3 is 10.0 Å². The zero-order valence-electron chi connectivity index (χ0n) is 10.6. The molecule has 98 valence electrons. The van der Waals surface area contributed by atoms with Crippen LogP contribution in [0.25, 0.3) is 0 Å². The van der Waals surface area contributed by atoms with Crippen molar-refractivity contribution in [2.45, 2.75) is 19.5 Å². The highest BCUT2D eigenvalue weighted by molar-refractivity contribution is 5.79. The number of nitrogens with one attached hydrogen (secondary N) is 1. The summed E-state index contributed by atoms with van der Waals surface area (Å²) in [5.41, 5.74) is 1.04. The van der Waals surface area contributed by atoms with Crippen molar-refractivity contribution in [3.8, 4) is 0 Å². The van der Waals surface area contributed by atoms with Crippen molar-refractivity contribution in [1.29, 1.82) is 0 Å². The summed E-state index contributed by atoms with van der Waals surface area (Å²) in [6, 6.07) is 8.91. The quantitative estimate of drug-likeness (QED) is 0.780. The fourth-order valence-electron chi connectivity index (χ4n) is 1.41. The van der Waals surface area contributed by atoms with Crippen LogP contribution in [0.15, 0.2) is 30.3 Å². The largest absolute Gasteiger partial charge is 0.480 e. The Hall–Kier alpha value is -1.88. The molecular formula is C13H18N2O3. The van der Waals surface area contributed by atoms with Crippen molar-refractivity contribution in [2.75, 3.05) is 13.6 Å². The van der Waals surface area contributed by atoms with Gasteiger partial charge in [-0.25, -0.2) is 0 Å². The lowest BCUT2D eigenvalue weighted by Gasteiger charge is -2.18. The second kappa shape index (κ2) is 6.76. The van der Waals surface area contributed by atoms with E-state index in [0.717, 1.165) is 5.56 Å². The maximum Gasteiger partial charge on any atom is 0.320 e. The maximum absolute atomic E-state index is 11.7. The predicted octanol–water partition coefficient (Wildman–Crippen LogP) is 0.708. The van der Waals surface area contributed by atoms with Gasteiger partial charge in [0.1, 0.15) is 6.04 Å². The molecule has 5 nitrogen and oxygen atoms in total. The Bertz CT molecular complexity index is 406. The minimum Gasteiger partial charge on any atom is -0.480 e. The molecule has 0 saturated heterocycles. The number of amides is 1. The molecule has 1 aromatic rings. The number of hydrogen-bond acceptors (Lipinski definition) is 3. The van der Waals surface area contributed by atoms with E-state index in [9.17, 15) is 9.59 Å². The molecule has 0 bridgehead atoms. The van der Waals surface area contributed by atoms with Crippen LogP contribution in [0.3, 0.4) is 0 Å². The standard InChI is InChI=1S/C13H18N2O3/c1-10(13(17)18)14-8-12(16)15(2)9-11-6-4-3-5-7-11/h3-7,10,14H,8-9H2,1-2H3,(H,17,18)/t10-/m1/s1. The highest BCUT2D eigenvalue weighted by atomic mass is 16.4. The SMILES string of the molecule is C[C@@H](NCC(=O)N(C)Cc1ccccc1)C(=O)O. The van der Waals surface area contributed by atoms with E-state index in [1.165, 1.54) is 6.92 Å². The van der Waals surface area contributed by atoms with Crippen molar-refractivity contribution in [2.24, 2.45) is 0 Å². The van der Waals surface area contributed by atoms with E-state index in [1.807, 2.05) is 30.3 Å². The second-order valence-corrected chi connectivity index (χ2v) is 4.18. The van der Waals surface area contributed by atoms with Crippen LogP contribution in [-0.4, -0.2) is 41.5 Å². The number of carboxylic acids is 1. The molecule has 0 spiro atoms. The molecule has 0 aromatic heterocycles. The molecule has 0 aliphatic heterocycles. The van der Waals surface area contributed by atoms with E-state index in [2.05, 4.69) is 5.32 Å². The molecule has 5 heteroatoms. The summed E-state index contributed by atoms with van der Waals surface area (Å²) >= 11 is 0. The van der Waals surface area contributed by atoms with E-state index >= 15 is 0 Å². The Morgan fingerprint density at radius 1 is 1.33 bits per heavy atom. The Kier molecular flexibility index (Phi) is 5.32. The van der Waals surface area contributed by atoms with Gasteiger partial charge in [-0.15, -0.1) is 0 Å². The molecule has 1 amide bonds. The van der Waals surface area contributed by atoms with Crippen molar-refractivity contribution in [3.63, 3.8) is 0 Å². The van der Waals surface area contributed by atoms with Gasteiger partial charge in [0.05, 0.1) is 6.54 Å². The number of aliphatic carboxylic acids is 1. The molecule has 0 aliphatic carbocycles. The molecule has 18 heavy (non-hydrogen) atoms. The van der Waals surface area contributed by atoms with Gasteiger partial charge in [0.2, 0.25) is 5.91 Å². The van der Waals surface area contributed by atoms with Gasteiger partial charge in [0.25, 0.3) is 0 Å². The summed E-state index contributed by atoms with van der Waals surface area (Å²) in [6.07, 6.45) is 0. The fourth-order valence-corrected chi connectivity index (χ4v) is 1.41. The smallest absolute Gasteiger partial charge is 0.320 e. The van der Waals surface area contributed by atoms with Crippen LogP contribution in [-0.2, 0) is 16.1 Å². The van der Waals surface area contributed by atoms with Crippen LogP contribution in [0, 0.1) is 0 Å². The van der Waals surface area contributed by atoms with Gasteiger partial charge in [-0.3, -0.25) is 14.9 Å². The third-order valence-corrected chi connectivity index (χ3v) is 2.62. The van der Waals surface area contributed by atoms with Crippen LogP contribution >= 0.6 is 0 Å². The summed E-state index contributed by atoms with van der Waals surface area (Å²) in [4.78, 5) is 23.9. The second-order valence-electron chi connectivity index (χ2n) is 4.18. The minimum atomic E-state index is -0.964. The van der Waals surface area contributed by atoms with Crippen LogP contribution in [0.4, 0.5) is 0 Å². The number of benzene rings is 1. The van der Waals surface area contributed by atoms with E-state index in [0.29, 0.717) is 6.54 Å². The lowest BCUT2D eigenvalue weighted by atomic mass is 10.2. The Morgan fingerprint density at radius 3 is 2.50 bits per heavy atom. The van der Waals surface area contributed by atoms with Crippen LogP contribution in [0.5, 0.6) is 0 Å². The van der Waals surface area contributed by atoms with Crippen LogP contribution in [0.1, 0.15) is 12.5 Å². The number of hydrogen-bond donors (Lipinski definition) is 2. The first-order valence-corrected chi connectivity index (χ1v) is 5.74. The number of likely N-dealkylation sites (N-methyl/N-ethyl adjacent to an activating group) is 1. The van der Waals surface area contributed by atoms with Gasteiger partial charge in [-0.1, -0.05) is 30.3 Å². The molecule has 0 fully saturated rings. The lowest BCUT2D eigenvalue weighted by molar-refractivity contribution is -0.139. The van der Waals surface area contributed by atoms with Crippen molar-refractivity contribution < 1.29 is 14.7 Å². The molecule has 0 aliphatic rings. The molecule has 0 saturated carbocycles. The topological polar surface area (TPSA) is 69.6 Å². The third-order valence-electron chi connectivity index (χ3n) is 2.62. The van der Waals surface area contributed by atoms with E-state index < -0.39 is 12.0 Å². The predicted molar refractivity (Wildman–Crippen MR) is 68.0 cm³/mol. The molecule has 1 rings (SSSR count). The molecule has 2 N–H and O–H groups in total. The number of nitrogens with zero attached hydrogens (tertiary/aromatic N) is 1. The first-order valence-electron chi connectivity index (χ1n) is 5.74. The number of carbonyl (C=O) groups excluding carboxylic acids is 1. The number of carboxylic acid groups (broad SMARTS) is 1. The average molecular weight is 250 g/mol. The zero-order valence-corrected chi connectivity index (χ0v) is 10.6. The first-order chi connectivity index (χ1) is 8.50. The van der Waals surface area contributed by atoms with E-state index in [1.54, 1.807) is 11.9 Å². The van der Waals surface area contributed by atoms with E-state index in [4.69, 9.17) is 5.11 Å². The minimum absolute atomic E-state index is 0.0246. The Morgan fingerprint density at radius 2 is 1.94 bits per heavy atom. The third kappa shape index (κ3) is 4.55. The van der Waals surface area contributed by atoms with E-state index in [-0.39, 0.29) is 12.5 Å². The van der Waals surface area contributed by atoms with Gasteiger partial charge in [-0.2, -0.15) is 0 Å². The molecule has 0 unspecified atom stereocenters. The average Bonchev–Trinajstić information content (AvgIpc) is 2.36. The molecule has 1 atom stereocenters. The fraction of sp³-hybridized carbons (Fsp3) is 0.385. The molecule has 0 radical (unpaired) electrons.